The third-order valence-electron chi connectivity index (χ3n) is 4.61. The number of aryl methyl sites for hydroxylation is 1. The number of amides is 1. The molecule has 156 valence electrons. The molecule has 2 heterocycles. The van der Waals surface area contributed by atoms with Gasteiger partial charge in [0.05, 0.1) is 29.5 Å². The molecular formula is C21H21F2N5O2. The van der Waals surface area contributed by atoms with Gasteiger partial charge in [0.1, 0.15) is 23.2 Å². The highest BCUT2D eigenvalue weighted by atomic mass is 19.1. The number of aliphatic hydroxyl groups excluding tert-OH is 1. The molecule has 1 aromatic carbocycles. The van der Waals surface area contributed by atoms with E-state index in [9.17, 15) is 13.6 Å². The summed E-state index contributed by atoms with van der Waals surface area (Å²) < 4.78 is 28.2. The molecule has 0 fully saturated rings. The number of nitrogens with zero attached hydrogens (tertiary/aromatic N) is 4. The zero-order valence-electron chi connectivity index (χ0n) is 16.6. The maximum Gasteiger partial charge on any atom is 0.270 e. The number of benzene rings is 1. The third-order valence-corrected chi connectivity index (χ3v) is 4.61. The number of nitrogens with one attached hydrogen (secondary N) is 1. The van der Waals surface area contributed by atoms with E-state index in [0.717, 1.165) is 5.56 Å². The third kappa shape index (κ3) is 4.46. The lowest BCUT2D eigenvalue weighted by Gasteiger charge is -2.15. The second-order valence-electron chi connectivity index (χ2n) is 6.59. The molecule has 0 radical (unpaired) electrons. The molecule has 1 atom stereocenters. The van der Waals surface area contributed by atoms with Crippen LogP contribution in [-0.2, 0) is 6.42 Å². The summed E-state index contributed by atoms with van der Waals surface area (Å²) in [6.45, 7) is 3.66. The van der Waals surface area contributed by atoms with Crippen LogP contribution in [0.15, 0.2) is 36.5 Å². The Morgan fingerprint density at radius 3 is 2.60 bits per heavy atom. The van der Waals surface area contributed by atoms with E-state index in [2.05, 4.69) is 25.5 Å². The Bertz CT molecular complexity index is 1040. The van der Waals surface area contributed by atoms with E-state index in [4.69, 9.17) is 5.11 Å². The molecule has 0 spiro atoms. The fraction of sp³-hybridized carbons (Fsp3) is 0.286. The van der Waals surface area contributed by atoms with Gasteiger partial charge in [-0.1, -0.05) is 13.0 Å². The Morgan fingerprint density at radius 1 is 1.20 bits per heavy atom. The minimum Gasteiger partial charge on any atom is -0.395 e. The minimum atomic E-state index is -0.711. The van der Waals surface area contributed by atoms with Crippen molar-refractivity contribution in [3.05, 3.63) is 70.9 Å². The van der Waals surface area contributed by atoms with Gasteiger partial charge in [-0.3, -0.25) is 4.79 Å². The maximum atomic E-state index is 14.1. The smallest absolute Gasteiger partial charge is 0.270 e. The van der Waals surface area contributed by atoms with Crippen molar-refractivity contribution in [2.45, 2.75) is 26.2 Å². The standard InChI is InChI=1S/C21H21F2N5O2/c1-3-13-11-17(18-14(22)5-4-6-15(18)23)27-28-19(13)12(2)20-24-8-7-16(26-20)21(30)25-9-10-29/h4-8,11-12,29H,3,9-10H2,1-2H3,(H,25,30). The minimum absolute atomic E-state index is 0.108. The Morgan fingerprint density at radius 2 is 1.93 bits per heavy atom. The van der Waals surface area contributed by atoms with Gasteiger partial charge in [0.25, 0.3) is 5.91 Å². The number of hydrogen-bond donors (Lipinski definition) is 2. The van der Waals surface area contributed by atoms with Crippen LogP contribution in [0, 0.1) is 11.6 Å². The van der Waals surface area contributed by atoms with Gasteiger partial charge in [0.15, 0.2) is 0 Å². The Balaban J connectivity index is 1.95. The molecule has 0 aliphatic rings. The van der Waals surface area contributed by atoms with Crippen LogP contribution in [0.1, 0.15) is 47.3 Å². The lowest BCUT2D eigenvalue weighted by molar-refractivity contribution is 0.0939. The molecule has 2 N–H and O–H groups in total. The molecule has 9 heteroatoms. The van der Waals surface area contributed by atoms with E-state index < -0.39 is 23.5 Å². The zero-order chi connectivity index (χ0) is 21.7. The van der Waals surface area contributed by atoms with Gasteiger partial charge in [-0.25, -0.2) is 18.7 Å². The lowest BCUT2D eigenvalue weighted by atomic mass is 9.98. The van der Waals surface area contributed by atoms with Crippen LogP contribution < -0.4 is 5.32 Å². The predicted molar refractivity (Wildman–Crippen MR) is 106 cm³/mol. The van der Waals surface area contributed by atoms with Crippen molar-refractivity contribution in [3.8, 4) is 11.3 Å². The number of carbonyl (C=O) groups excluding carboxylic acids is 1. The number of hydrogen-bond acceptors (Lipinski definition) is 6. The Kier molecular flexibility index (Phi) is 6.73. The van der Waals surface area contributed by atoms with E-state index >= 15 is 0 Å². The van der Waals surface area contributed by atoms with Crippen LogP contribution >= 0.6 is 0 Å². The van der Waals surface area contributed by atoms with Crippen molar-refractivity contribution in [2.75, 3.05) is 13.2 Å². The first-order valence-electron chi connectivity index (χ1n) is 9.49. The Labute approximate surface area is 172 Å². The Hall–Kier alpha value is -3.33. The van der Waals surface area contributed by atoms with Crippen molar-refractivity contribution < 1.29 is 18.7 Å². The summed E-state index contributed by atoms with van der Waals surface area (Å²) in [5, 5.41) is 19.6. The lowest BCUT2D eigenvalue weighted by Crippen LogP contribution is -2.27. The molecule has 1 amide bonds. The zero-order valence-corrected chi connectivity index (χ0v) is 16.6. The molecule has 0 aliphatic heterocycles. The highest BCUT2D eigenvalue weighted by molar-refractivity contribution is 5.92. The summed E-state index contributed by atoms with van der Waals surface area (Å²) in [7, 11) is 0. The largest absolute Gasteiger partial charge is 0.395 e. The molecule has 30 heavy (non-hydrogen) atoms. The van der Waals surface area contributed by atoms with Gasteiger partial charge in [-0.05, 0) is 43.2 Å². The van der Waals surface area contributed by atoms with E-state index in [-0.39, 0.29) is 30.1 Å². The van der Waals surface area contributed by atoms with Gasteiger partial charge in [-0.15, -0.1) is 5.10 Å². The first kappa shape index (κ1) is 21.4. The highest BCUT2D eigenvalue weighted by Gasteiger charge is 2.21. The predicted octanol–water partition coefficient (Wildman–Crippen LogP) is 2.65. The number of aromatic nitrogens is 4. The first-order chi connectivity index (χ1) is 14.5. The molecule has 2 aromatic heterocycles. The fourth-order valence-corrected chi connectivity index (χ4v) is 3.04. The van der Waals surface area contributed by atoms with Gasteiger partial charge in [0, 0.05) is 12.7 Å². The fourth-order valence-electron chi connectivity index (χ4n) is 3.04. The maximum absolute atomic E-state index is 14.1. The van der Waals surface area contributed by atoms with Crippen LogP contribution in [0.3, 0.4) is 0 Å². The number of carbonyl (C=O) groups is 1. The highest BCUT2D eigenvalue weighted by Crippen LogP contribution is 2.28. The normalized spacial score (nSPS) is 11.9. The second kappa shape index (κ2) is 9.45. The summed E-state index contributed by atoms with van der Waals surface area (Å²) in [6, 6.07) is 6.71. The molecule has 1 unspecified atom stereocenters. The molecule has 7 nitrogen and oxygen atoms in total. The van der Waals surface area contributed by atoms with Crippen LogP contribution in [0.2, 0.25) is 0 Å². The molecule has 0 saturated carbocycles. The molecule has 3 aromatic rings. The number of aliphatic hydroxyl groups is 1. The van der Waals surface area contributed by atoms with Crippen LogP contribution in [0.5, 0.6) is 0 Å². The number of rotatable bonds is 7. The molecular weight excluding hydrogens is 392 g/mol. The van der Waals surface area contributed by atoms with Crippen molar-refractivity contribution in [1.29, 1.82) is 0 Å². The summed E-state index contributed by atoms with van der Waals surface area (Å²) in [5.41, 5.74) is 1.35. The van der Waals surface area contributed by atoms with E-state index in [0.29, 0.717) is 17.9 Å². The van der Waals surface area contributed by atoms with E-state index in [1.54, 1.807) is 6.07 Å². The quantitative estimate of drug-likeness (QED) is 0.618. The summed E-state index contributed by atoms with van der Waals surface area (Å²) in [5.74, 6) is -1.89. The van der Waals surface area contributed by atoms with Gasteiger partial charge in [-0.2, -0.15) is 5.10 Å². The SMILES string of the molecule is CCc1cc(-c2c(F)cccc2F)nnc1C(C)c1nccc(C(=O)NCCO)n1. The van der Waals surface area contributed by atoms with Crippen LogP contribution in [0.4, 0.5) is 8.78 Å². The van der Waals surface area contributed by atoms with Crippen molar-refractivity contribution in [1.82, 2.24) is 25.5 Å². The van der Waals surface area contributed by atoms with Crippen molar-refractivity contribution in [2.24, 2.45) is 0 Å². The summed E-state index contributed by atoms with van der Waals surface area (Å²) in [4.78, 5) is 20.6. The second-order valence-corrected chi connectivity index (χ2v) is 6.59. The summed E-state index contributed by atoms with van der Waals surface area (Å²) in [6.07, 6.45) is 2.02. The molecule has 0 aliphatic carbocycles. The van der Waals surface area contributed by atoms with E-state index in [1.165, 1.54) is 30.5 Å². The average Bonchev–Trinajstić information content (AvgIpc) is 2.76. The van der Waals surface area contributed by atoms with Crippen LogP contribution in [0.25, 0.3) is 11.3 Å². The van der Waals surface area contributed by atoms with Crippen LogP contribution in [-0.4, -0.2) is 44.3 Å². The van der Waals surface area contributed by atoms with Gasteiger partial charge >= 0.3 is 0 Å². The monoisotopic (exact) mass is 413 g/mol. The molecule has 0 bridgehead atoms. The van der Waals surface area contributed by atoms with Crippen molar-refractivity contribution >= 4 is 5.91 Å². The van der Waals surface area contributed by atoms with Gasteiger partial charge < -0.3 is 10.4 Å². The van der Waals surface area contributed by atoms with Crippen molar-refractivity contribution in [3.63, 3.8) is 0 Å². The summed E-state index contributed by atoms with van der Waals surface area (Å²) >= 11 is 0. The topological polar surface area (TPSA) is 101 Å². The average molecular weight is 413 g/mol. The van der Waals surface area contributed by atoms with Gasteiger partial charge in [0.2, 0.25) is 0 Å². The molecule has 0 saturated heterocycles. The molecule has 3 rings (SSSR count). The number of halogens is 2. The first-order valence-corrected chi connectivity index (χ1v) is 9.49. The van der Waals surface area contributed by atoms with E-state index in [1.807, 2.05) is 13.8 Å².